The molecule has 4 N–H and O–H groups in total. The Bertz CT molecular complexity index is 1380. The highest BCUT2D eigenvalue weighted by molar-refractivity contribution is 6.32. The smallest absolute Gasteiger partial charge is 0.274 e. The zero-order chi connectivity index (χ0) is 23.0. The monoisotopic (exact) mass is 450 g/mol. The van der Waals surface area contributed by atoms with Gasteiger partial charge < -0.3 is 25.3 Å². The number of para-hydroxylation sites is 1. The molecule has 2 aromatic heterocycles. The first kappa shape index (κ1) is 21.5. The Balaban J connectivity index is 1.95. The average molecular weight is 451 g/mol. The molecule has 7 nitrogen and oxygen atoms in total. The molecule has 164 valence electrons. The molecule has 1 amide bonds. The lowest BCUT2D eigenvalue weighted by Crippen LogP contribution is -2.23. The quantitative estimate of drug-likeness (QED) is 0.386. The van der Waals surface area contributed by atoms with Crippen molar-refractivity contribution in [1.82, 2.24) is 14.9 Å². The fourth-order valence-electron chi connectivity index (χ4n) is 3.63. The minimum atomic E-state index is -0.285. The van der Waals surface area contributed by atoms with Crippen molar-refractivity contribution in [3.8, 4) is 22.6 Å². The van der Waals surface area contributed by atoms with Crippen LogP contribution in [0.4, 0.5) is 5.69 Å². The van der Waals surface area contributed by atoms with E-state index in [4.69, 9.17) is 22.1 Å². The molecule has 0 bridgehead atoms. The summed E-state index contributed by atoms with van der Waals surface area (Å²) in [6.45, 7) is 4.22. The predicted octanol–water partition coefficient (Wildman–Crippen LogP) is 4.62. The number of carbonyl (C=O) groups is 1. The summed E-state index contributed by atoms with van der Waals surface area (Å²) in [5.41, 5.74) is 9.27. The Morgan fingerprint density at radius 2 is 2.00 bits per heavy atom. The maximum absolute atomic E-state index is 12.8. The van der Waals surface area contributed by atoms with Crippen molar-refractivity contribution >= 4 is 34.1 Å². The second kappa shape index (κ2) is 8.43. The highest BCUT2D eigenvalue weighted by Crippen LogP contribution is 2.40. The van der Waals surface area contributed by atoms with Crippen molar-refractivity contribution in [3.05, 3.63) is 75.3 Å². The maximum Gasteiger partial charge on any atom is 0.274 e. The van der Waals surface area contributed by atoms with Gasteiger partial charge in [0.1, 0.15) is 22.7 Å². The van der Waals surface area contributed by atoms with E-state index in [0.29, 0.717) is 56.5 Å². The zero-order valence-electron chi connectivity index (χ0n) is 18.0. The van der Waals surface area contributed by atoms with Crippen LogP contribution in [0.2, 0.25) is 5.02 Å². The van der Waals surface area contributed by atoms with Gasteiger partial charge in [-0.2, -0.15) is 0 Å². The third kappa shape index (κ3) is 3.83. The molecule has 0 aliphatic carbocycles. The van der Waals surface area contributed by atoms with Crippen molar-refractivity contribution in [2.75, 3.05) is 12.3 Å². The predicted molar refractivity (Wildman–Crippen MR) is 128 cm³/mol. The zero-order valence-corrected chi connectivity index (χ0v) is 18.7. The van der Waals surface area contributed by atoms with Gasteiger partial charge in [0.25, 0.3) is 11.5 Å². The fourth-order valence-corrected chi connectivity index (χ4v) is 3.89. The molecular formula is C24H23ClN4O3. The second-order valence-electron chi connectivity index (χ2n) is 7.53. The first-order valence-corrected chi connectivity index (χ1v) is 10.5. The van der Waals surface area contributed by atoms with Crippen LogP contribution < -0.4 is 21.3 Å². The van der Waals surface area contributed by atoms with Crippen LogP contribution in [0, 0.1) is 6.92 Å². The summed E-state index contributed by atoms with van der Waals surface area (Å²) in [4.78, 5) is 28.1. The highest BCUT2D eigenvalue weighted by Gasteiger charge is 2.19. The summed E-state index contributed by atoms with van der Waals surface area (Å²) in [5.74, 6) is 0.780. The number of nitrogens with zero attached hydrogens (tertiary/aromatic N) is 1. The number of halogens is 1. The van der Waals surface area contributed by atoms with Gasteiger partial charge in [0, 0.05) is 42.0 Å². The Hall–Kier alpha value is -3.71. The molecular weight excluding hydrogens is 428 g/mol. The van der Waals surface area contributed by atoms with Crippen molar-refractivity contribution in [1.29, 1.82) is 0 Å². The van der Waals surface area contributed by atoms with E-state index in [1.165, 1.54) is 4.57 Å². The van der Waals surface area contributed by atoms with E-state index in [1.54, 1.807) is 43.6 Å². The van der Waals surface area contributed by atoms with Crippen LogP contribution in [-0.2, 0) is 7.05 Å². The number of aryl methyl sites for hydroxylation is 2. The Morgan fingerprint density at radius 3 is 2.72 bits per heavy atom. The van der Waals surface area contributed by atoms with E-state index < -0.39 is 0 Å². The summed E-state index contributed by atoms with van der Waals surface area (Å²) < 4.78 is 7.69. The third-order valence-electron chi connectivity index (χ3n) is 5.22. The molecule has 0 radical (unpaired) electrons. The van der Waals surface area contributed by atoms with Gasteiger partial charge in [-0.25, -0.2) is 0 Å². The van der Waals surface area contributed by atoms with Crippen molar-refractivity contribution in [2.24, 2.45) is 7.05 Å². The van der Waals surface area contributed by atoms with Crippen molar-refractivity contribution in [3.63, 3.8) is 0 Å². The number of nitrogens with one attached hydrogen (secondary N) is 2. The summed E-state index contributed by atoms with van der Waals surface area (Å²) in [6, 6.07) is 12.5. The number of pyridine rings is 1. The van der Waals surface area contributed by atoms with Crippen molar-refractivity contribution in [2.45, 2.75) is 13.8 Å². The van der Waals surface area contributed by atoms with Gasteiger partial charge in [0.15, 0.2) is 0 Å². The Labute approximate surface area is 189 Å². The summed E-state index contributed by atoms with van der Waals surface area (Å²) in [5, 5.41) is 3.83. The van der Waals surface area contributed by atoms with Gasteiger partial charge in [-0.1, -0.05) is 23.7 Å². The van der Waals surface area contributed by atoms with Gasteiger partial charge >= 0.3 is 0 Å². The van der Waals surface area contributed by atoms with Gasteiger partial charge in [-0.05, 0) is 49.7 Å². The van der Waals surface area contributed by atoms with Crippen LogP contribution in [0.5, 0.6) is 11.5 Å². The molecule has 0 unspecified atom stereocenters. The lowest BCUT2D eigenvalue weighted by Gasteiger charge is -2.16. The van der Waals surface area contributed by atoms with Crippen LogP contribution in [0.15, 0.2) is 53.5 Å². The molecule has 0 saturated carbocycles. The van der Waals surface area contributed by atoms with Crippen LogP contribution in [0.1, 0.15) is 23.0 Å². The molecule has 8 heteroatoms. The van der Waals surface area contributed by atoms with Crippen LogP contribution in [-0.4, -0.2) is 22.0 Å². The number of carbonyl (C=O) groups excluding carboxylic acids is 1. The van der Waals surface area contributed by atoms with Gasteiger partial charge in [0.2, 0.25) is 0 Å². The number of fused-ring (bicyclic) bond motifs is 1. The number of benzene rings is 2. The maximum atomic E-state index is 12.8. The number of aromatic amines is 1. The molecule has 0 aliphatic rings. The number of nitrogens with two attached hydrogens (primary N) is 1. The molecule has 4 aromatic rings. The number of hydrogen-bond donors (Lipinski definition) is 3. The molecule has 0 saturated heterocycles. The third-order valence-corrected chi connectivity index (χ3v) is 5.51. The van der Waals surface area contributed by atoms with E-state index in [-0.39, 0.29) is 11.5 Å². The molecule has 4 rings (SSSR count). The van der Waals surface area contributed by atoms with E-state index >= 15 is 0 Å². The summed E-state index contributed by atoms with van der Waals surface area (Å²) in [6.07, 6.45) is 1.71. The topological polar surface area (TPSA) is 102 Å². The van der Waals surface area contributed by atoms with E-state index in [9.17, 15) is 9.59 Å². The minimum absolute atomic E-state index is 0.243. The number of H-pyrrole nitrogens is 1. The minimum Gasteiger partial charge on any atom is -0.455 e. The molecule has 32 heavy (non-hydrogen) atoms. The Kier molecular flexibility index (Phi) is 5.67. The SMILES string of the molecule is CCNC(=O)c1cc2c(-c3cc(N)ccc3Oc3c(C)cccc3Cl)cn(C)c(=O)c2[nH]1. The molecule has 0 aliphatic heterocycles. The second-order valence-corrected chi connectivity index (χ2v) is 7.94. The number of hydrogen-bond acceptors (Lipinski definition) is 4. The standard InChI is InChI=1S/C24H23ClN4O3/c1-4-27-23(30)19-11-16-17(12-29(3)24(31)21(16)28-19)15-10-14(26)8-9-20(15)32-22-13(2)6-5-7-18(22)25/h5-12,28H,4,26H2,1-3H3,(H,27,30). The van der Waals surface area contributed by atoms with E-state index in [1.807, 2.05) is 26.0 Å². The first-order chi connectivity index (χ1) is 15.3. The summed E-state index contributed by atoms with van der Waals surface area (Å²) >= 11 is 6.37. The number of anilines is 1. The number of rotatable bonds is 5. The molecule has 2 aromatic carbocycles. The number of ether oxygens (including phenoxy) is 1. The fraction of sp³-hybridized carbons (Fsp3) is 0.167. The normalized spacial score (nSPS) is 11.0. The Morgan fingerprint density at radius 1 is 1.22 bits per heavy atom. The van der Waals surface area contributed by atoms with Gasteiger partial charge in [-0.3, -0.25) is 9.59 Å². The van der Waals surface area contributed by atoms with E-state index in [0.717, 1.165) is 5.56 Å². The first-order valence-electron chi connectivity index (χ1n) is 10.1. The number of nitrogen functional groups attached to an aromatic ring is 1. The average Bonchev–Trinajstić information content (AvgIpc) is 3.20. The van der Waals surface area contributed by atoms with Gasteiger partial charge in [0.05, 0.1) is 5.02 Å². The number of amides is 1. The largest absolute Gasteiger partial charge is 0.455 e. The van der Waals surface area contributed by atoms with Gasteiger partial charge in [-0.15, -0.1) is 0 Å². The highest BCUT2D eigenvalue weighted by atomic mass is 35.5. The van der Waals surface area contributed by atoms with Crippen molar-refractivity contribution < 1.29 is 9.53 Å². The molecule has 0 fully saturated rings. The number of aromatic nitrogens is 2. The van der Waals surface area contributed by atoms with Crippen LogP contribution in [0.3, 0.4) is 0 Å². The molecule has 0 atom stereocenters. The lowest BCUT2D eigenvalue weighted by atomic mass is 10.0. The summed E-state index contributed by atoms with van der Waals surface area (Å²) in [7, 11) is 1.66. The van der Waals surface area contributed by atoms with Crippen LogP contribution in [0.25, 0.3) is 22.0 Å². The molecule has 0 spiro atoms. The van der Waals surface area contributed by atoms with Crippen LogP contribution >= 0.6 is 11.6 Å². The molecule has 2 heterocycles. The van der Waals surface area contributed by atoms with E-state index in [2.05, 4.69) is 10.3 Å². The lowest BCUT2D eigenvalue weighted by molar-refractivity contribution is 0.0951.